The van der Waals surface area contributed by atoms with E-state index in [2.05, 4.69) is 26.0 Å². The molecule has 31 heavy (non-hydrogen) atoms. The van der Waals surface area contributed by atoms with Crippen molar-refractivity contribution in [2.24, 2.45) is 28.6 Å². The molecule has 2 N–H and O–H groups in total. The first kappa shape index (κ1) is 20.9. The van der Waals surface area contributed by atoms with E-state index < -0.39 is 6.10 Å². The van der Waals surface area contributed by atoms with Crippen molar-refractivity contribution in [1.29, 1.82) is 0 Å². The van der Waals surface area contributed by atoms with Crippen LogP contribution < -0.4 is 0 Å². The van der Waals surface area contributed by atoms with E-state index in [0.29, 0.717) is 17.8 Å². The van der Waals surface area contributed by atoms with Gasteiger partial charge >= 0.3 is 0 Å². The molecule has 1 aromatic carbocycles. The number of rotatable bonds is 2. The number of non-ortho nitro benzene ring substituents is 1. The Morgan fingerprint density at radius 1 is 1.06 bits per heavy atom. The molecule has 5 nitrogen and oxygen atoms in total. The summed E-state index contributed by atoms with van der Waals surface area (Å²) in [5.74, 6) is 1.65. The molecule has 166 valence electrons. The SMILES string of the molecule is CC12CCC(O)CC1=CCC1C2CCC2(C)C(O)/C(=C\c3ccc([N+](=O)[O-])cc3)CC12. The Kier molecular flexibility index (Phi) is 4.91. The summed E-state index contributed by atoms with van der Waals surface area (Å²) in [7, 11) is 0. The molecule has 0 saturated heterocycles. The quantitative estimate of drug-likeness (QED) is 0.385. The Labute approximate surface area is 184 Å². The minimum Gasteiger partial charge on any atom is -0.393 e. The van der Waals surface area contributed by atoms with Crippen LogP contribution in [0.25, 0.3) is 6.08 Å². The van der Waals surface area contributed by atoms with Crippen LogP contribution in [0.15, 0.2) is 41.5 Å². The molecule has 5 rings (SSSR count). The molecule has 0 aromatic heterocycles. The van der Waals surface area contributed by atoms with Crippen LogP contribution in [0.4, 0.5) is 5.69 Å². The molecule has 4 aliphatic carbocycles. The fourth-order valence-corrected chi connectivity index (χ4v) is 7.55. The van der Waals surface area contributed by atoms with Gasteiger partial charge in [0.05, 0.1) is 17.1 Å². The normalized spacial score (nSPS) is 43.0. The lowest BCUT2D eigenvalue weighted by Crippen LogP contribution is -2.51. The summed E-state index contributed by atoms with van der Waals surface area (Å²) >= 11 is 0. The average molecular weight is 424 g/mol. The molecule has 1 aromatic rings. The number of nitro groups is 1. The Hall–Kier alpha value is -1.98. The topological polar surface area (TPSA) is 83.6 Å². The van der Waals surface area contributed by atoms with E-state index in [9.17, 15) is 20.3 Å². The number of nitro benzene ring substituents is 1. The Morgan fingerprint density at radius 3 is 2.52 bits per heavy atom. The highest BCUT2D eigenvalue weighted by Crippen LogP contribution is 2.65. The van der Waals surface area contributed by atoms with Crippen LogP contribution in [0.1, 0.15) is 64.4 Å². The van der Waals surface area contributed by atoms with Crippen molar-refractivity contribution in [1.82, 2.24) is 0 Å². The van der Waals surface area contributed by atoms with Gasteiger partial charge in [-0.2, -0.15) is 0 Å². The number of hydrogen-bond acceptors (Lipinski definition) is 4. The Bertz CT molecular complexity index is 951. The predicted molar refractivity (Wildman–Crippen MR) is 120 cm³/mol. The van der Waals surface area contributed by atoms with Gasteiger partial charge in [-0.25, -0.2) is 0 Å². The summed E-state index contributed by atoms with van der Waals surface area (Å²) in [5.41, 5.74) is 3.63. The molecule has 3 fully saturated rings. The Morgan fingerprint density at radius 2 is 1.81 bits per heavy atom. The maximum absolute atomic E-state index is 11.3. The third-order valence-electron chi connectivity index (χ3n) is 9.40. The second-order valence-corrected chi connectivity index (χ2v) is 10.9. The van der Waals surface area contributed by atoms with E-state index >= 15 is 0 Å². The van der Waals surface area contributed by atoms with Crippen molar-refractivity contribution in [3.05, 3.63) is 57.2 Å². The molecule has 4 aliphatic rings. The number of hydrogen-bond donors (Lipinski definition) is 2. The average Bonchev–Trinajstić information content (AvgIpc) is 2.99. The van der Waals surface area contributed by atoms with E-state index in [0.717, 1.165) is 56.1 Å². The van der Waals surface area contributed by atoms with Crippen LogP contribution in [0.2, 0.25) is 0 Å². The van der Waals surface area contributed by atoms with Gasteiger partial charge in [0.25, 0.3) is 5.69 Å². The highest BCUT2D eigenvalue weighted by Gasteiger charge is 2.59. The lowest BCUT2D eigenvalue weighted by Gasteiger charge is -2.57. The van der Waals surface area contributed by atoms with Gasteiger partial charge in [0.1, 0.15) is 0 Å². The second kappa shape index (κ2) is 7.28. The molecular formula is C26H33NO4. The summed E-state index contributed by atoms with van der Waals surface area (Å²) < 4.78 is 0. The van der Waals surface area contributed by atoms with Crippen LogP contribution in [-0.2, 0) is 0 Å². The fourth-order valence-electron chi connectivity index (χ4n) is 7.55. The Balaban J connectivity index is 1.44. The van der Waals surface area contributed by atoms with Crippen molar-refractivity contribution >= 4 is 11.8 Å². The van der Waals surface area contributed by atoms with Crippen LogP contribution in [0, 0.1) is 38.7 Å². The molecule has 0 bridgehead atoms. The summed E-state index contributed by atoms with van der Waals surface area (Å²) in [4.78, 5) is 10.5. The zero-order valence-electron chi connectivity index (χ0n) is 18.5. The van der Waals surface area contributed by atoms with Gasteiger partial charge in [-0.15, -0.1) is 0 Å². The van der Waals surface area contributed by atoms with Gasteiger partial charge in [0, 0.05) is 17.5 Å². The standard InChI is InChI=1S/C26H33NO4/c1-25-11-9-20(28)15-18(25)5-8-21-22(25)10-12-26(2)23(21)14-17(24(26)29)13-16-3-6-19(7-4-16)27(30)31/h3-7,13,20-24,28-29H,8-12,14-15H2,1-2H3/b17-13-. The number of nitrogens with zero attached hydrogens (tertiary/aromatic N) is 1. The monoisotopic (exact) mass is 423 g/mol. The molecule has 0 aliphatic heterocycles. The minimum absolute atomic E-state index is 0.0910. The zero-order chi connectivity index (χ0) is 22.0. The smallest absolute Gasteiger partial charge is 0.269 e. The van der Waals surface area contributed by atoms with Crippen molar-refractivity contribution in [2.45, 2.75) is 71.0 Å². The molecule has 7 unspecified atom stereocenters. The van der Waals surface area contributed by atoms with E-state index in [1.807, 2.05) is 0 Å². The zero-order valence-corrected chi connectivity index (χ0v) is 18.5. The number of aliphatic hydroxyl groups excluding tert-OH is 2. The van der Waals surface area contributed by atoms with Gasteiger partial charge in [-0.05, 0) is 91.4 Å². The summed E-state index contributed by atoms with van der Waals surface area (Å²) in [6.45, 7) is 4.69. The molecule has 0 amide bonds. The van der Waals surface area contributed by atoms with Gasteiger partial charge in [-0.1, -0.05) is 31.6 Å². The predicted octanol–water partition coefficient (Wildman–Crippen LogP) is 5.27. The number of aliphatic hydroxyl groups is 2. The summed E-state index contributed by atoms with van der Waals surface area (Å²) in [6.07, 6.45) is 10.7. The van der Waals surface area contributed by atoms with E-state index in [1.54, 1.807) is 12.1 Å². The maximum Gasteiger partial charge on any atom is 0.269 e. The molecular weight excluding hydrogens is 390 g/mol. The van der Waals surface area contributed by atoms with Crippen LogP contribution >= 0.6 is 0 Å². The lowest BCUT2D eigenvalue weighted by atomic mass is 9.48. The molecule has 0 radical (unpaired) electrons. The maximum atomic E-state index is 11.3. The number of benzene rings is 1. The van der Waals surface area contributed by atoms with Gasteiger partial charge in [-0.3, -0.25) is 10.1 Å². The largest absolute Gasteiger partial charge is 0.393 e. The van der Waals surface area contributed by atoms with E-state index in [-0.39, 0.29) is 27.5 Å². The summed E-state index contributed by atoms with van der Waals surface area (Å²) in [5, 5.41) is 32.5. The van der Waals surface area contributed by atoms with Crippen molar-refractivity contribution in [3.8, 4) is 0 Å². The fraction of sp³-hybridized carbons (Fsp3) is 0.615. The van der Waals surface area contributed by atoms with Gasteiger partial charge in [0.15, 0.2) is 0 Å². The first-order valence-electron chi connectivity index (χ1n) is 11.7. The third kappa shape index (κ3) is 3.20. The lowest BCUT2D eigenvalue weighted by molar-refractivity contribution is -0.384. The first-order valence-corrected chi connectivity index (χ1v) is 11.7. The summed E-state index contributed by atoms with van der Waals surface area (Å²) in [6, 6.07) is 6.61. The first-order chi connectivity index (χ1) is 14.7. The number of allylic oxidation sites excluding steroid dienone is 1. The van der Waals surface area contributed by atoms with Crippen LogP contribution in [-0.4, -0.2) is 27.3 Å². The number of fused-ring (bicyclic) bond motifs is 5. The molecule has 3 saturated carbocycles. The van der Waals surface area contributed by atoms with Crippen molar-refractivity contribution in [2.75, 3.05) is 0 Å². The van der Waals surface area contributed by atoms with E-state index in [4.69, 9.17) is 0 Å². The van der Waals surface area contributed by atoms with Crippen LogP contribution in [0.5, 0.6) is 0 Å². The van der Waals surface area contributed by atoms with Crippen molar-refractivity contribution < 1.29 is 15.1 Å². The highest BCUT2D eigenvalue weighted by atomic mass is 16.6. The van der Waals surface area contributed by atoms with Gasteiger partial charge < -0.3 is 10.2 Å². The van der Waals surface area contributed by atoms with Crippen LogP contribution in [0.3, 0.4) is 0 Å². The molecule has 0 spiro atoms. The van der Waals surface area contributed by atoms with Gasteiger partial charge in [0.2, 0.25) is 0 Å². The molecule has 0 heterocycles. The molecule has 5 heteroatoms. The van der Waals surface area contributed by atoms with E-state index in [1.165, 1.54) is 17.7 Å². The molecule has 7 atom stereocenters. The second-order valence-electron chi connectivity index (χ2n) is 10.9. The van der Waals surface area contributed by atoms with Crippen molar-refractivity contribution in [3.63, 3.8) is 0 Å². The third-order valence-corrected chi connectivity index (χ3v) is 9.40. The highest BCUT2D eigenvalue weighted by molar-refractivity contribution is 5.57. The minimum atomic E-state index is -0.458.